The summed E-state index contributed by atoms with van der Waals surface area (Å²) in [7, 11) is 0. The summed E-state index contributed by atoms with van der Waals surface area (Å²) in [5.41, 5.74) is 3.94. The normalized spacial score (nSPS) is 10.8. The van der Waals surface area contributed by atoms with Crippen LogP contribution in [-0.2, 0) is 19.0 Å². The standard InChI is InChI=1S/C27H33N5O5S/c1-19-6-7-24(26-25(19)22(17-28)18-31-26)32-38-23-5-3-4-21(16-23)27(34)30-9-11-36-13-15-37-14-12-35-10-8-29-20(2)33/h3-7,16,18,31-32H,8-15H2,1-2H3,(H,29,33)(H,30,34). The fourth-order valence-corrected chi connectivity index (χ4v) is 4.32. The third-order valence-corrected chi connectivity index (χ3v) is 6.25. The molecule has 0 radical (unpaired) electrons. The van der Waals surface area contributed by atoms with Crippen molar-refractivity contribution in [3.05, 3.63) is 59.3 Å². The summed E-state index contributed by atoms with van der Waals surface area (Å²) < 4.78 is 19.6. The number of aromatic nitrogens is 1. The molecular formula is C27H33N5O5S. The molecule has 2 amide bonds. The van der Waals surface area contributed by atoms with Crippen molar-refractivity contribution in [2.45, 2.75) is 18.7 Å². The van der Waals surface area contributed by atoms with E-state index in [2.05, 4.69) is 26.4 Å². The summed E-state index contributed by atoms with van der Waals surface area (Å²) in [6.07, 6.45) is 1.71. The molecule has 0 spiro atoms. The van der Waals surface area contributed by atoms with Gasteiger partial charge in [-0.25, -0.2) is 0 Å². The Kier molecular flexibility index (Phi) is 11.9. The van der Waals surface area contributed by atoms with Crippen LogP contribution in [0.2, 0.25) is 0 Å². The summed E-state index contributed by atoms with van der Waals surface area (Å²) in [6.45, 7) is 6.89. The fraction of sp³-hybridized carbons (Fsp3) is 0.370. The molecule has 0 saturated carbocycles. The second kappa shape index (κ2) is 15.6. The number of anilines is 1. The van der Waals surface area contributed by atoms with E-state index in [4.69, 9.17) is 14.2 Å². The quantitative estimate of drug-likeness (QED) is 0.161. The maximum Gasteiger partial charge on any atom is 0.251 e. The maximum absolute atomic E-state index is 12.5. The highest BCUT2D eigenvalue weighted by Crippen LogP contribution is 2.31. The summed E-state index contributed by atoms with van der Waals surface area (Å²) in [6, 6.07) is 13.5. The van der Waals surface area contributed by atoms with Crippen LogP contribution in [0.25, 0.3) is 10.9 Å². The molecule has 0 unspecified atom stereocenters. The molecule has 3 aromatic rings. The van der Waals surface area contributed by atoms with Gasteiger partial charge >= 0.3 is 0 Å². The lowest BCUT2D eigenvalue weighted by Gasteiger charge is -2.10. The maximum atomic E-state index is 12.5. The molecule has 38 heavy (non-hydrogen) atoms. The van der Waals surface area contributed by atoms with Crippen LogP contribution in [0.5, 0.6) is 0 Å². The number of nitrogens with zero attached hydrogens (tertiary/aromatic N) is 1. The topological polar surface area (TPSA) is 138 Å². The van der Waals surface area contributed by atoms with Gasteiger partial charge in [0.25, 0.3) is 5.91 Å². The molecule has 0 aliphatic carbocycles. The minimum atomic E-state index is -0.176. The van der Waals surface area contributed by atoms with Crippen LogP contribution in [-0.4, -0.2) is 69.5 Å². The molecule has 10 nitrogen and oxygen atoms in total. The van der Waals surface area contributed by atoms with E-state index in [0.29, 0.717) is 63.9 Å². The van der Waals surface area contributed by atoms with E-state index in [9.17, 15) is 14.9 Å². The van der Waals surface area contributed by atoms with Gasteiger partial charge in [0, 0.05) is 42.1 Å². The number of ether oxygens (including phenoxy) is 3. The van der Waals surface area contributed by atoms with Gasteiger partial charge in [-0.3, -0.25) is 9.59 Å². The molecule has 0 aliphatic rings. The lowest BCUT2D eigenvalue weighted by molar-refractivity contribution is -0.119. The Morgan fingerprint density at radius 2 is 1.66 bits per heavy atom. The largest absolute Gasteiger partial charge is 0.377 e. The molecule has 4 N–H and O–H groups in total. The summed E-state index contributed by atoms with van der Waals surface area (Å²) in [4.78, 5) is 27.3. The minimum absolute atomic E-state index is 0.0763. The number of amides is 2. The van der Waals surface area contributed by atoms with Gasteiger partial charge in [0.2, 0.25) is 5.91 Å². The van der Waals surface area contributed by atoms with E-state index in [1.54, 1.807) is 12.3 Å². The Hall–Kier alpha value is -3.56. The van der Waals surface area contributed by atoms with E-state index in [-0.39, 0.29) is 11.8 Å². The van der Waals surface area contributed by atoms with Gasteiger partial charge < -0.3 is 34.6 Å². The Bertz CT molecular complexity index is 1260. The van der Waals surface area contributed by atoms with Crippen LogP contribution >= 0.6 is 11.9 Å². The molecule has 0 saturated heterocycles. The van der Waals surface area contributed by atoms with Crippen molar-refractivity contribution < 1.29 is 23.8 Å². The number of hydrogen-bond acceptors (Lipinski definition) is 8. The van der Waals surface area contributed by atoms with E-state index in [1.165, 1.54) is 18.9 Å². The number of rotatable bonds is 16. The molecular weight excluding hydrogens is 506 g/mol. The molecule has 3 rings (SSSR count). The highest BCUT2D eigenvalue weighted by Gasteiger charge is 2.11. The lowest BCUT2D eigenvalue weighted by atomic mass is 10.1. The van der Waals surface area contributed by atoms with Crippen LogP contribution in [0.15, 0.2) is 47.5 Å². The third kappa shape index (κ3) is 9.08. The molecule has 1 aromatic heterocycles. The van der Waals surface area contributed by atoms with Gasteiger partial charge in [0.05, 0.1) is 56.4 Å². The second-order valence-electron chi connectivity index (χ2n) is 8.30. The number of carbonyl (C=O) groups excluding carboxylic acids is 2. The van der Waals surface area contributed by atoms with Gasteiger partial charge in [0.15, 0.2) is 0 Å². The van der Waals surface area contributed by atoms with Crippen molar-refractivity contribution in [1.82, 2.24) is 15.6 Å². The number of H-pyrrole nitrogens is 1. The smallest absolute Gasteiger partial charge is 0.251 e. The lowest BCUT2D eigenvalue weighted by Crippen LogP contribution is -2.27. The number of carbonyl (C=O) groups is 2. The Morgan fingerprint density at radius 3 is 2.34 bits per heavy atom. The number of aryl methyl sites for hydroxylation is 1. The Labute approximate surface area is 226 Å². The van der Waals surface area contributed by atoms with Crippen molar-refractivity contribution in [2.75, 3.05) is 57.5 Å². The molecule has 0 atom stereocenters. The predicted molar refractivity (Wildman–Crippen MR) is 147 cm³/mol. The van der Waals surface area contributed by atoms with Crippen molar-refractivity contribution in [2.24, 2.45) is 0 Å². The average molecular weight is 540 g/mol. The van der Waals surface area contributed by atoms with E-state index in [0.717, 1.165) is 27.0 Å². The van der Waals surface area contributed by atoms with Crippen LogP contribution in [0, 0.1) is 18.3 Å². The van der Waals surface area contributed by atoms with Gasteiger partial charge in [-0.05, 0) is 48.7 Å². The number of aromatic amines is 1. The highest BCUT2D eigenvalue weighted by molar-refractivity contribution is 8.00. The molecule has 0 aliphatic heterocycles. The summed E-state index contributed by atoms with van der Waals surface area (Å²) >= 11 is 1.39. The van der Waals surface area contributed by atoms with Crippen LogP contribution < -0.4 is 15.4 Å². The summed E-state index contributed by atoms with van der Waals surface area (Å²) in [5.74, 6) is -0.253. The first-order valence-electron chi connectivity index (χ1n) is 12.3. The average Bonchev–Trinajstić information content (AvgIpc) is 3.36. The first-order chi connectivity index (χ1) is 18.5. The number of hydrogen-bond donors (Lipinski definition) is 4. The Morgan fingerprint density at radius 1 is 0.974 bits per heavy atom. The molecule has 202 valence electrons. The van der Waals surface area contributed by atoms with Crippen molar-refractivity contribution in [3.63, 3.8) is 0 Å². The number of benzene rings is 2. The minimum Gasteiger partial charge on any atom is -0.377 e. The zero-order chi connectivity index (χ0) is 27.2. The SMILES string of the molecule is CC(=O)NCCOCCOCCOCCNC(=O)c1cccc(SNc2ccc(C)c3c(C#N)c[nH]c23)c1. The molecule has 2 aromatic carbocycles. The van der Waals surface area contributed by atoms with Crippen LogP contribution in [0.1, 0.15) is 28.4 Å². The number of fused-ring (bicyclic) bond motifs is 1. The van der Waals surface area contributed by atoms with Crippen molar-refractivity contribution in [3.8, 4) is 6.07 Å². The third-order valence-electron chi connectivity index (χ3n) is 5.44. The van der Waals surface area contributed by atoms with E-state index < -0.39 is 0 Å². The molecule has 0 bridgehead atoms. The van der Waals surface area contributed by atoms with Gasteiger partial charge in [-0.2, -0.15) is 5.26 Å². The Balaban J connectivity index is 1.32. The number of nitriles is 1. The fourth-order valence-electron chi connectivity index (χ4n) is 3.59. The van der Waals surface area contributed by atoms with Crippen LogP contribution in [0.4, 0.5) is 5.69 Å². The van der Waals surface area contributed by atoms with Crippen LogP contribution in [0.3, 0.4) is 0 Å². The van der Waals surface area contributed by atoms with E-state index in [1.807, 2.05) is 37.3 Å². The second-order valence-corrected chi connectivity index (χ2v) is 9.18. The first kappa shape index (κ1) is 29.0. The summed E-state index contributed by atoms with van der Waals surface area (Å²) in [5, 5.41) is 15.8. The zero-order valence-electron chi connectivity index (χ0n) is 21.6. The zero-order valence-corrected chi connectivity index (χ0v) is 22.4. The monoisotopic (exact) mass is 539 g/mol. The molecule has 1 heterocycles. The number of nitrogens with one attached hydrogen (secondary N) is 4. The van der Waals surface area contributed by atoms with E-state index >= 15 is 0 Å². The van der Waals surface area contributed by atoms with Crippen molar-refractivity contribution in [1.29, 1.82) is 5.26 Å². The van der Waals surface area contributed by atoms with Gasteiger partial charge in [-0.1, -0.05) is 12.1 Å². The van der Waals surface area contributed by atoms with Crippen molar-refractivity contribution >= 4 is 40.4 Å². The molecule has 0 fully saturated rings. The van der Waals surface area contributed by atoms with Gasteiger partial charge in [0.1, 0.15) is 6.07 Å². The molecule has 11 heteroatoms. The first-order valence-corrected chi connectivity index (χ1v) is 13.1. The highest BCUT2D eigenvalue weighted by atomic mass is 32.2. The predicted octanol–water partition coefficient (Wildman–Crippen LogP) is 3.38. The van der Waals surface area contributed by atoms with Gasteiger partial charge in [-0.15, -0.1) is 0 Å².